The van der Waals surface area contributed by atoms with Gasteiger partial charge in [-0.05, 0) is 26.3 Å². The molecule has 2 aromatic rings. The predicted octanol–water partition coefficient (Wildman–Crippen LogP) is 1.98. The number of imidazole rings is 1. The summed E-state index contributed by atoms with van der Waals surface area (Å²) in [4.78, 5) is 16.1. The van der Waals surface area contributed by atoms with Crippen molar-refractivity contribution in [2.75, 3.05) is 7.11 Å². The number of aryl methyl sites for hydroxylation is 3. The molecule has 3 rings (SSSR count). The van der Waals surface area contributed by atoms with Crippen LogP contribution in [0.3, 0.4) is 0 Å². The number of furan rings is 1. The number of esters is 1. The Bertz CT molecular complexity index is 687. The van der Waals surface area contributed by atoms with Gasteiger partial charge in [0, 0.05) is 25.2 Å². The third kappa shape index (κ3) is 2.92. The van der Waals surface area contributed by atoms with Crippen molar-refractivity contribution in [3.05, 3.63) is 40.9 Å². The van der Waals surface area contributed by atoms with Crippen LogP contribution < -0.4 is 5.32 Å². The summed E-state index contributed by atoms with van der Waals surface area (Å²) < 4.78 is 12.6. The number of fused-ring (bicyclic) bond motifs is 1. The molecule has 0 radical (unpaired) electrons. The van der Waals surface area contributed by atoms with Crippen LogP contribution in [0.25, 0.3) is 0 Å². The Morgan fingerprint density at radius 2 is 2.36 bits per heavy atom. The quantitative estimate of drug-likeness (QED) is 0.875. The van der Waals surface area contributed by atoms with E-state index < -0.39 is 0 Å². The summed E-state index contributed by atoms with van der Waals surface area (Å²) in [5.74, 6) is 2.16. The highest BCUT2D eigenvalue weighted by Gasteiger charge is 2.20. The first kappa shape index (κ1) is 14.8. The van der Waals surface area contributed by atoms with Crippen LogP contribution in [0.4, 0.5) is 0 Å². The van der Waals surface area contributed by atoms with E-state index in [9.17, 15) is 4.79 Å². The molecule has 6 heteroatoms. The first-order valence-electron chi connectivity index (χ1n) is 7.50. The minimum atomic E-state index is -0.358. The summed E-state index contributed by atoms with van der Waals surface area (Å²) in [6.45, 7) is 5.32. The molecule has 2 aromatic heterocycles. The number of aromatic nitrogens is 2. The average molecular weight is 303 g/mol. The molecule has 1 atom stereocenters. The predicted molar refractivity (Wildman–Crippen MR) is 80.7 cm³/mol. The first-order valence-corrected chi connectivity index (χ1v) is 7.50. The Balaban J connectivity index is 1.61. The third-order valence-electron chi connectivity index (χ3n) is 4.05. The van der Waals surface area contributed by atoms with Crippen molar-refractivity contribution in [1.82, 2.24) is 14.9 Å². The highest BCUT2D eigenvalue weighted by Crippen LogP contribution is 2.18. The number of ether oxygens (including phenoxy) is 1. The highest BCUT2D eigenvalue weighted by atomic mass is 16.5. The largest absolute Gasteiger partial charge is 0.465 e. The van der Waals surface area contributed by atoms with Crippen molar-refractivity contribution in [2.45, 2.75) is 45.8 Å². The number of hydrogen-bond donors (Lipinski definition) is 1. The van der Waals surface area contributed by atoms with Gasteiger partial charge >= 0.3 is 5.97 Å². The van der Waals surface area contributed by atoms with Crippen LogP contribution in [0.1, 0.15) is 39.8 Å². The number of carbonyl (C=O) groups is 1. The fourth-order valence-electron chi connectivity index (χ4n) is 2.94. The van der Waals surface area contributed by atoms with Crippen molar-refractivity contribution in [3.8, 4) is 0 Å². The number of nitrogens with one attached hydrogen (secondary N) is 1. The Hall–Kier alpha value is -2.08. The lowest BCUT2D eigenvalue weighted by Crippen LogP contribution is -2.36. The molecule has 0 fully saturated rings. The monoisotopic (exact) mass is 303 g/mol. The lowest BCUT2D eigenvalue weighted by molar-refractivity contribution is 0.0599. The van der Waals surface area contributed by atoms with Crippen LogP contribution >= 0.6 is 0 Å². The number of methoxy groups -OCH3 is 1. The number of nitrogens with zero attached hydrogens (tertiary/aromatic N) is 2. The van der Waals surface area contributed by atoms with Crippen LogP contribution in [-0.4, -0.2) is 28.7 Å². The molecule has 1 N–H and O–H groups in total. The second-order valence-electron chi connectivity index (χ2n) is 5.74. The smallest absolute Gasteiger partial charge is 0.341 e. The first-order chi connectivity index (χ1) is 10.6. The summed E-state index contributed by atoms with van der Waals surface area (Å²) in [6.07, 6.45) is 4.13. The van der Waals surface area contributed by atoms with Crippen molar-refractivity contribution in [3.63, 3.8) is 0 Å². The number of carbonyl (C=O) groups excluding carboxylic acids is 1. The van der Waals surface area contributed by atoms with Gasteiger partial charge in [0.1, 0.15) is 22.9 Å². The topological polar surface area (TPSA) is 69.3 Å². The average Bonchev–Trinajstić information content (AvgIpc) is 3.05. The molecule has 0 amide bonds. The lowest BCUT2D eigenvalue weighted by Gasteiger charge is -2.24. The van der Waals surface area contributed by atoms with E-state index in [0.717, 1.165) is 36.7 Å². The van der Waals surface area contributed by atoms with Crippen LogP contribution in [0.5, 0.6) is 0 Å². The van der Waals surface area contributed by atoms with Gasteiger partial charge in [-0.1, -0.05) is 0 Å². The van der Waals surface area contributed by atoms with E-state index in [1.807, 2.05) is 6.92 Å². The van der Waals surface area contributed by atoms with E-state index in [0.29, 0.717) is 23.9 Å². The highest BCUT2D eigenvalue weighted by molar-refractivity contribution is 5.90. The van der Waals surface area contributed by atoms with Crippen molar-refractivity contribution in [2.24, 2.45) is 0 Å². The molecule has 0 aromatic carbocycles. The molecular formula is C16H21N3O3. The molecule has 1 aliphatic rings. The van der Waals surface area contributed by atoms with E-state index in [1.54, 1.807) is 13.0 Å². The molecule has 6 nitrogen and oxygen atoms in total. The van der Waals surface area contributed by atoms with E-state index in [2.05, 4.69) is 21.1 Å². The minimum Gasteiger partial charge on any atom is -0.465 e. The van der Waals surface area contributed by atoms with Gasteiger partial charge in [-0.3, -0.25) is 0 Å². The summed E-state index contributed by atoms with van der Waals surface area (Å²) in [5, 5.41) is 3.49. The maximum Gasteiger partial charge on any atom is 0.341 e. The van der Waals surface area contributed by atoms with Crippen LogP contribution in [0.2, 0.25) is 0 Å². The Kier molecular flexibility index (Phi) is 4.02. The van der Waals surface area contributed by atoms with Crippen molar-refractivity contribution < 1.29 is 13.9 Å². The van der Waals surface area contributed by atoms with Gasteiger partial charge in [-0.2, -0.15) is 0 Å². The molecule has 0 spiro atoms. The molecule has 0 bridgehead atoms. The lowest BCUT2D eigenvalue weighted by atomic mass is 10.1. The standard InChI is InChI=1S/C16H21N3O3/c1-10-8-19-9-12(4-5-15(19)18-10)17-7-13-6-14(11(2)22-13)16(20)21-3/h6,8,12,17H,4-5,7,9H2,1-3H3/t12-/m0/s1. The van der Waals surface area contributed by atoms with E-state index >= 15 is 0 Å². The zero-order valence-electron chi connectivity index (χ0n) is 13.2. The Labute approximate surface area is 129 Å². The van der Waals surface area contributed by atoms with Gasteiger partial charge < -0.3 is 19.0 Å². The van der Waals surface area contributed by atoms with Gasteiger partial charge in [-0.15, -0.1) is 0 Å². The Morgan fingerprint density at radius 3 is 3.14 bits per heavy atom. The molecule has 3 heterocycles. The van der Waals surface area contributed by atoms with Gasteiger partial charge in [-0.25, -0.2) is 9.78 Å². The normalized spacial score (nSPS) is 17.3. The maximum atomic E-state index is 11.6. The molecule has 0 saturated heterocycles. The molecule has 22 heavy (non-hydrogen) atoms. The van der Waals surface area contributed by atoms with Gasteiger partial charge in [0.25, 0.3) is 0 Å². The van der Waals surface area contributed by atoms with Gasteiger partial charge in [0.15, 0.2) is 0 Å². The fraction of sp³-hybridized carbons (Fsp3) is 0.500. The minimum absolute atomic E-state index is 0.358. The molecule has 0 aliphatic carbocycles. The van der Waals surface area contributed by atoms with Crippen molar-refractivity contribution in [1.29, 1.82) is 0 Å². The van der Waals surface area contributed by atoms with Crippen molar-refractivity contribution >= 4 is 5.97 Å². The summed E-state index contributed by atoms with van der Waals surface area (Å²) in [5.41, 5.74) is 1.57. The zero-order chi connectivity index (χ0) is 15.7. The summed E-state index contributed by atoms with van der Waals surface area (Å²) in [6, 6.07) is 2.14. The van der Waals surface area contributed by atoms with Crippen LogP contribution in [0, 0.1) is 13.8 Å². The SMILES string of the molecule is COC(=O)c1cc(CN[C@H]2CCc3nc(C)cn3C2)oc1C. The van der Waals surface area contributed by atoms with Gasteiger partial charge in [0.05, 0.1) is 19.3 Å². The number of hydrogen-bond acceptors (Lipinski definition) is 5. The van der Waals surface area contributed by atoms with Gasteiger partial charge in [0.2, 0.25) is 0 Å². The number of rotatable bonds is 4. The summed E-state index contributed by atoms with van der Waals surface area (Å²) >= 11 is 0. The Morgan fingerprint density at radius 1 is 1.55 bits per heavy atom. The van der Waals surface area contributed by atoms with E-state index in [4.69, 9.17) is 9.15 Å². The molecule has 118 valence electrons. The van der Waals surface area contributed by atoms with Crippen LogP contribution in [0.15, 0.2) is 16.7 Å². The van der Waals surface area contributed by atoms with Crippen LogP contribution in [-0.2, 0) is 24.2 Å². The fourth-order valence-corrected chi connectivity index (χ4v) is 2.94. The second kappa shape index (κ2) is 5.96. The summed E-state index contributed by atoms with van der Waals surface area (Å²) in [7, 11) is 1.37. The second-order valence-corrected chi connectivity index (χ2v) is 5.74. The molecular weight excluding hydrogens is 282 g/mol. The maximum absolute atomic E-state index is 11.6. The zero-order valence-corrected chi connectivity index (χ0v) is 13.2. The van der Waals surface area contributed by atoms with E-state index in [-0.39, 0.29) is 5.97 Å². The molecule has 0 saturated carbocycles. The molecule has 0 unspecified atom stereocenters. The third-order valence-corrected chi connectivity index (χ3v) is 4.05. The van der Waals surface area contributed by atoms with E-state index in [1.165, 1.54) is 7.11 Å². The molecule has 1 aliphatic heterocycles.